The monoisotopic (exact) mass is 331 g/mol. The minimum absolute atomic E-state index is 0.906. The molecule has 0 spiro atoms. The third kappa shape index (κ3) is 1.72. The first-order valence-electron chi connectivity index (χ1n) is 8.63. The quantitative estimate of drug-likeness (QED) is 0.340. The van der Waals surface area contributed by atoms with Crippen molar-refractivity contribution in [2.45, 2.75) is 0 Å². The Morgan fingerprint density at radius 1 is 0.731 bits per heavy atom. The molecule has 2 nitrogen and oxygen atoms in total. The molecule has 0 aliphatic carbocycles. The number of fused-ring (bicyclic) bond motifs is 9. The number of anilines is 2. The largest absolute Gasteiger partial charge is 0.455 e. The van der Waals surface area contributed by atoms with Gasteiger partial charge in [-0.05, 0) is 42.5 Å². The molecule has 4 aromatic carbocycles. The Hall–Kier alpha value is -3.70. The van der Waals surface area contributed by atoms with E-state index in [-0.39, 0.29) is 0 Å². The van der Waals surface area contributed by atoms with E-state index in [4.69, 9.17) is 4.42 Å². The van der Waals surface area contributed by atoms with Crippen LogP contribution in [0.4, 0.5) is 11.4 Å². The van der Waals surface area contributed by atoms with Crippen molar-refractivity contribution in [2.75, 3.05) is 5.32 Å². The fourth-order valence-electron chi connectivity index (χ4n) is 3.94. The number of nitrogens with one attached hydrogen (secondary N) is 1. The van der Waals surface area contributed by atoms with Crippen LogP contribution in [0.3, 0.4) is 0 Å². The summed E-state index contributed by atoms with van der Waals surface area (Å²) in [5.41, 5.74) is 6.41. The fraction of sp³-hybridized carbons (Fsp3) is 0. The molecule has 0 radical (unpaired) electrons. The molecule has 0 fully saturated rings. The molecule has 0 unspecified atom stereocenters. The van der Waals surface area contributed by atoms with Gasteiger partial charge in [-0.15, -0.1) is 0 Å². The smallest absolute Gasteiger partial charge is 0.145 e. The predicted molar refractivity (Wildman–Crippen MR) is 106 cm³/mol. The van der Waals surface area contributed by atoms with Gasteiger partial charge in [0.1, 0.15) is 11.3 Å². The fourth-order valence-corrected chi connectivity index (χ4v) is 3.94. The zero-order valence-electron chi connectivity index (χ0n) is 13.8. The highest BCUT2D eigenvalue weighted by Gasteiger charge is 2.26. The molecule has 26 heavy (non-hydrogen) atoms. The Labute approximate surface area is 150 Å². The van der Waals surface area contributed by atoms with Gasteiger partial charge in [0.25, 0.3) is 0 Å². The van der Waals surface area contributed by atoms with Gasteiger partial charge < -0.3 is 9.73 Å². The van der Waals surface area contributed by atoms with E-state index >= 15 is 0 Å². The summed E-state index contributed by atoms with van der Waals surface area (Å²) >= 11 is 0. The Kier molecular flexibility index (Phi) is 2.56. The zero-order valence-corrected chi connectivity index (χ0v) is 13.8. The van der Waals surface area contributed by atoms with Gasteiger partial charge in [0.05, 0.1) is 0 Å². The predicted octanol–water partition coefficient (Wildman–Crippen LogP) is 6.58. The lowest BCUT2D eigenvalue weighted by Gasteiger charge is -2.12. The second kappa shape index (κ2) is 4.91. The maximum absolute atomic E-state index is 6.34. The highest BCUT2D eigenvalue weighted by Crippen LogP contribution is 2.50. The van der Waals surface area contributed by atoms with Gasteiger partial charge in [-0.3, -0.25) is 0 Å². The topological polar surface area (TPSA) is 25.2 Å². The lowest BCUT2D eigenvalue weighted by molar-refractivity contribution is 0.633. The van der Waals surface area contributed by atoms with Gasteiger partial charge in [-0.1, -0.05) is 42.5 Å². The van der Waals surface area contributed by atoms with Crippen LogP contribution in [0, 0.1) is 12.1 Å². The van der Waals surface area contributed by atoms with Crippen LogP contribution in [-0.4, -0.2) is 0 Å². The molecule has 1 aliphatic heterocycles. The van der Waals surface area contributed by atoms with E-state index in [1.165, 1.54) is 0 Å². The van der Waals surface area contributed by atoms with Crippen molar-refractivity contribution in [1.82, 2.24) is 0 Å². The van der Waals surface area contributed by atoms with Crippen molar-refractivity contribution in [3.63, 3.8) is 0 Å². The number of para-hydroxylation sites is 2. The van der Waals surface area contributed by atoms with Crippen molar-refractivity contribution in [1.29, 1.82) is 0 Å². The average molecular weight is 331 g/mol. The normalized spacial score (nSPS) is 11.8. The highest BCUT2D eigenvalue weighted by molar-refractivity contribution is 6.15. The lowest BCUT2D eigenvalue weighted by Crippen LogP contribution is -1.92. The van der Waals surface area contributed by atoms with E-state index in [2.05, 4.69) is 59.9 Å². The van der Waals surface area contributed by atoms with Crippen LogP contribution >= 0.6 is 0 Å². The molecule has 6 rings (SSSR count). The van der Waals surface area contributed by atoms with Gasteiger partial charge in [0.15, 0.2) is 0 Å². The molecular formula is C24H13NO. The summed E-state index contributed by atoms with van der Waals surface area (Å²) in [4.78, 5) is 0. The van der Waals surface area contributed by atoms with Crippen LogP contribution in [0.15, 0.2) is 77.2 Å². The van der Waals surface area contributed by atoms with Crippen molar-refractivity contribution in [3.05, 3.63) is 84.9 Å². The summed E-state index contributed by atoms with van der Waals surface area (Å²) in [5, 5.41) is 6.93. The van der Waals surface area contributed by atoms with Gasteiger partial charge in [-0.25, -0.2) is 0 Å². The average Bonchev–Trinajstić information content (AvgIpc) is 3.00. The minimum atomic E-state index is 0.906. The standard InChI is InChI=1S/C24H13NO/c1-2-8-16-15(7-1)13-14-20-22(16)23-18-10-4-6-12-21(18)26-24(23)17-9-3-5-11-19(17)25-20/h2-6,8-14,25H. The van der Waals surface area contributed by atoms with Crippen LogP contribution in [0.5, 0.6) is 0 Å². The van der Waals surface area contributed by atoms with Crippen molar-refractivity contribution in [3.8, 4) is 22.5 Å². The molecule has 0 saturated heterocycles. The summed E-state index contributed by atoms with van der Waals surface area (Å²) in [7, 11) is 0. The Balaban J connectivity index is 1.87. The first-order valence-corrected chi connectivity index (χ1v) is 8.63. The number of benzene rings is 3. The molecule has 120 valence electrons. The minimum Gasteiger partial charge on any atom is -0.455 e. The van der Waals surface area contributed by atoms with E-state index in [9.17, 15) is 0 Å². The van der Waals surface area contributed by atoms with Crippen LogP contribution in [0.2, 0.25) is 0 Å². The van der Waals surface area contributed by atoms with Gasteiger partial charge in [0.2, 0.25) is 0 Å². The third-order valence-electron chi connectivity index (χ3n) is 5.07. The summed E-state index contributed by atoms with van der Waals surface area (Å²) in [5.74, 6) is 0.911. The van der Waals surface area contributed by atoms with E-state index in [0.29, 0.717) is 0 Å². The second-order valence-corrected chi connectivity index (χ2v) is 6.52. The molecule has 2 heterocycles. The van der Waals surface area contributed by atoms with Crippen LogP contribution < -0.4 is 5.32 Å². The first kappa shape index (κ1) is 13.6. The van der Waals surface area contributed by atoms with E-state index in [0.717, 1.165) is 55.6 Å². The first-order chi connectivity index (χ1) is 12.9. The zero-order chi connectivity index (χ0) is 17.1. The maximum atomic E-state index is 6.34. The van der Waals surface area contributed by atoms with Crippen LogP contribution in [0.25, 0.3) is 44.2 Å². The number of furan rings is 1. The summed E-state index contributed by atoms with van der Waals surface area (Å²) in [6, 6.07) is 31.1. The second-order valence-electron chi connectivity index (χ2n) is 6.52. The van der Waals surface area contributed by atoms with E-state index in [1.807, 2.05) is 30.3 Å². The Morgan fingerprint density at radius 3 is 2.62 bits per heavy atom. The van der Waals surface area contributed by atoms with Crippen molar-refractivity contribution < 1.29 is 4.42 Å². The molecule has 2 heteroatoms. The SMILES string of the molecule is c1ccc2c3c(ccc2c#1)Nc1ccccc1-c1oc2ccccc2c1-3. The molecule has 1 aliphatic rings. The van der Waals surface area contributed by atoms with Crippen LogP contribution in [0.1, 0.15) is 0 Å². The Morgan fingerprint density at radius 2 is 1.62 bits per heavy atom. The molecule has 0 amide bonds. The number of hydrogen-bond acceptors (Lipinski definition) is 2. The molecule has 0 atom stereocenters. The highest BCUT2D eigenvalue weighted by atomic mass is 16.3. The molecular weight excluding hydrogens is 318 g/mol. The molecule has 1 aromatic heterocycles. The van der Waals surface area contributed by atoms with E-state index in [1.54, 1.807) is 0 Å². The van der Waals surface area contributed by atoms with Crippen molar-refractivity contribution in [2.24, 2.45) is 0 Å². The maximum Gasteiger partial charge on any atom is 0.145 e. The molecule has 5 aromatic rings. The van der Waals surface area contributed by atoms with E-state index < -0.39 is 0 Å². The summed E-state index contributed by atoms with van der Waals surface area (Å²) in [6.45, 7) is 0. The van der Waals surface area contributed by atoms with Gasteiger partial charge in [-0.2, -0.15) is 0 Å². The van der Waals surface area contributed by atoms with Crippen molar-refractivity contribution >= 4 is 33.1 Å². The summed E-state index contributed by atoms with van der Waals surface area (Å²) in [6.07, 6.45) is 0. The lowest BCUT2D eigenvalue weighted by atomic mass is 9.94. The number of rotatable bonds is 0. The van der Waals surface area contributed by atoms with Crippen LogP contribution in [-0.2, 0) is 0 Å². The molecule has 1 N–H and O–H groups in total. The summed E-state index contributed by atoms with van der Waals surface area (Å²) < 4.78 is 6.34. The van der Waals surface area contributed by atoms with Gasteiger partial charge in [0, 0.05) is 44.2 Å². The Bertz CT molecular complexity index is 1310. The third-order valence-corrected chi connectivity index (χ3v) is 5.07. The molecule has 0 saturated carbocycles. The van der Waals surface area contributed by atoms with Gasteiger partial charge >= 0.3 is 0 Å². The molecule has 0 bridgehead atoms. The number of hydrogen-bond donors (Lipinski definition) is 1.